The summed E-state index contributed by atoms with van der Waals surface area (Å²) in [7, 11) is 0. The van der Waals surface area contributed by atoms with Gasteiger partial charge >= 0.3 is 0 Å². The lowest BCUT2D eigenvalue weighted by atomic mass is 10.1. The Morgan fingerprint density at radius 3 is 2.82 bits per heavy atom. The summed E-state index contributed by atoms with van der Waals surface area (Å²) in [6, 6.07) is 12.3. The summed E-state index contributed by atoms with van der Waals surface area (Å²) in [5.41, 5.74) is 3.16. The highest BCUT2D eigenvalue weighted by atomic mass is 32.1. The first-order valence-electron chi connectivity index (χ1n) is 7.09. The van der Waals surface area contributed by atoms with Crippen molar-refractivity contribution in [3.8, 4) is 0 Å². The number of hydrogen-bond donors (Lipinski definition) is 1. The molecule has 0 saturated carbocycles. The lowest BCUT2D eigenvalue weighted by Crippen LogP contribution is -2.13. The molecule has 0 bridgehead atoms. The van der Waals surface area contributed by atoms with E-state index >= 15 is 0 Å². The van der Waals surface area contributed by atoms with Crippen molar-refractivity contribution < 1.29 is 4.79 Å². The smallest absolute Gasteiger partial charge is 0.229 e. The van der Waals surface area contributed by atoms with Gasteiger partial charge in [-0.3, -0.25) is 9.48 Å². The second-order valence-corrected chi connectivity index (χ2v) is 6.25. The largest absolute Gasteiger partial charge is 0.323 e. The lowest BCUT2D eigenvalue weighted by molar-refractivity contribution is -0.115. The van der Waals surface area contributed by atoms with Gasteiger partial charge in [0.25, 0.3) is 0 Å². The van der Waals surface area contributed by atoms with E-state index in [1.54, 1.807) is 17.5 Å². The Kier molecular flexibility index (Phi) is 4.34. The molecule has 0 unspecified atom stereocenters. The molecule has 0 fully saturated rings. The molecule has 0 aliphatic carbocycles. The zero-order valence-corrected chi connectivity index (χ0v) is 13.1. The number of aryl methyl sites for hydroxylation is 1. The van der Waals surface area contributed by atoms with Gasteiger partial charge in [0.1, 0.15) is 0 Å². The van der Waals surface area contributed by atoms with Crippen LogP contribution in [0.3, 0.4) is 0 Å². The monoisotopic (exact) mass is 311 g/mol. The van der Waals surface area contributed by atoms with Crippen LogP contribution in [0.5, 0.6) is 0 Å². The molecule has 1 amide bonds. The Morgan fingerprint density at radius 1 is 1.27 bits per heavy atom. The van der Waals surface area contributed by atoms with Crippen LogP contribution in [0.15, 0.2) is 54.2 Å². The lowest BCUT2D eigenvalue weighted by Gasteiger charge is -2.03. The summed E-state index contributed by atoms with van der Waals surface area (Å²) in [5.74, 6) is -0.0164. The minimum atomic E-state index is -0.0164. The molecular weight excluding hydrogens is 294 g/mol. The van der Waals surface area contributed by atoms with Crippen LogP contribution in [-0.2, 0) is 17.8 Å². The van der Waals surface area contributed by atoms with E-state index in [0.717, 1.165) is 10.6 Å². The molecule has 0 saturated heterocycles. The van der Waals surface area contributed by atoms with E-state index in [1.807, 2.05) is 28.4 Å². The molecule has 1 aromatic carbocycles. The van der Waals surface area contributed by atoms with E-state index in [9.17, 15) is 4.79 Å². The third kappa shape index (κ3) is 3.83. The van der Waals surface area contributed by atoms with Gasteiger partial charge < -0.3 is 5.32 Å². The van der Waals surface area contributed by atoms with Gasteiger partial charge in [0, 0.05) is 11.1 Å². The maximum Gasteiger partial charge on any atom is 0.229 e. The number of anilines is 1. The molecular formula is C17H17N3OS. The van der Waals surface area contributed by atoms with Crippen LogP contribution in [-0.4, -0.2) is 15.7 Å². The highest BCUT2D eigenvalue weighted by molar-refractivity contribution is 7.10. The number of hydrogen-bond acceptors (Lipinski definition) is 3. The number of carbonyl (C=O) groups excluding carboxylic acids is 1. The number of rotatable bonds is 5. The molecule has 5 heteroatoms. The Balaban J connectivity index is 1.58. The number of amides is 1. The van der Waals surface area contributed by atoms with Gasteiger partial charge in [0.05, 0.1) is 24.8 Å². The summed E-state index contributed by atoms with van der Waals surface area (Å²) < 4.78 is 1.82. The van der Waals surface area contributed by atoms with E-state index in [2.05, 4.69) is 41.6 Å². The van der Waals surface area contributed by atoms with E-state index in [4.69, 9.17) is 0 Å². The van der Waals surface area contributed by atoms with Crippen molar-refractivity contribution in [3.63, 3.8) is 0 Å². The van der Waals surface area contributed by atoms with Crippen molar-refractivity contribution in [2.75, 3.05) is 5.32 Å². The minimum absolute atomic E-state index is 0.0164. The number of nitrogens with one attached hydrogen (secondary N) is 1. The normalized spacial score (nSPS) is 10.6. The Labute approximate surface area is 133 Å². The van der Waals surface area contributed by atoms with Crippen LogP contribution in [0.4, 0.5) is 5.69 Å². The average molecular weight is 311 g/mol. The van der Waals surface area contributed by atoms with Gasteiger partial charge in [-0.2, -0.15) is 5.10 Å². The van der Waals surface area contributed by atoms with Gasteiger partial charge in [0.2, 0.25) is 5.91 Å². The predicted octanol–water partition coefficient (Wildman–Crippen LogP) is 3.48. The molecule has 1 N–H and O–H groups in total. The first kappa shape index (κ1) is 14.5. The van der Waals surface area contributed by atoms with Crippen molar-refractivity contribution >= 4 is 22.9 Å². The number of carbonyl (C=O) groups is 1. The zero-order valence-electron chi connectivity index (χ0n) is 12.3. The van der Waals surface area contributed by atoms with Gasteiger partial charge in [0.15, 0.2) is 0 Å². The molecule has 0 radical (unpaired) electrons. The van der Waals surface area contributed by atoms with Gasteiger partial charge in [-0.05, 0) is 23.9 Å². The van der Waals surface area contributed by atoms with Crippen LogP contribution < -0.4 is 5.32 Å². The van der Waals surface area contributed by atoms with Crippen LogP contribution in [0.1, 0.15) is 16.0 Å². The van der Waals surface area contributed by atoms with Gasteiger partial charge in [-0.15, -0.1) is 11.3 Å². The van der Waals surface area contributed by atoms with E-state index in [-0.39, 0.29) is 5.91 Å². The molecule has 3 rings (SSSR count). The third-order valence-electron chi connectivity index (χ3n) is 3.30. The van der Waals surface area contributed by atoms with Crippen molar-refractivity contribution in [2.24, 2.45) is 0 Å². The second kappa shape index (κ2) is 6.58. The van der Waals surface area contributed by atoms with E-state index in [1.165, 1.54) is 11.1 Å². The molecule has 0 aliphatic heterocycles. The number of aromatic nitrogens is 2. The molecule has 22 heavy (non-hydrogen) atoms. The summed E-state index contributed by atoms with van der Waals surface area (Å²) >= 11 is 1.59. The van der Waals surface area contributed by atoms with Crippen molar-refractivity contribution in [3.05, 3.63) is 70.2 Å². The quantitative estimate of drug-likeness (QED) is 0.784. The van der Waals surface area contributed by atoms with Crippen LogP contribution >= 0.6 is 11.3 Å². The maximum absolute atomic E-state index is 11.9. The molecule has 0 spiro atoms. The van der Waals surface area contributed by atoms with E-state index in [0.29, 0.717) is 13.0 Å². The summed E-state index contributed by atoms with van der Waals surface area (Å²) in [6.45, 7) is 2.76. The molecule has 0 aliphatic rings. The summed E-state index contributed by atoms with van der Waals surface area (Å²) in [5, 5.41) is 9.14. The fourth-order valence-electron chi connectivity index (χ4n) is 2.17. The predicted molar refractivity (Wildman–Crippen MR) is 89.2 cm³/mol. The van der Waals surface area contributed by atoms with Crippen molar-refractivity contribution in [1.82, 2.24) is 9.78 Å². The zero-order chi connectivity index (χ0) is 15.4. The number of thiophene rings is 1. The first-order chi connectivity index (χ1) is 10.7. The summed E-state index contributed by atoms with van der Waals surface area (Å²) in [4.78, 5) is 13.0. The minimum Gasteiger partial charge on any atom is -0.323 e. The van der Waals surface area contributed by atoms with Crippen molar-refractivity contribution in [2.45, 2.75) is 19.9 Å². The van der Waals surface area contributed by atoms with Crippen LogP contribution in [0.2, 0.25) is 0 Å². The topological polar surface area (TPSA) is 46.9 Å². The molecule has 2 aromatic heterocycles. The first-order valence-corrected chi connectivity index (χ1v) is 7.97. The van der Waals surface area contributed by atoms with Crippen molar-refractivity contribution in [1.29, 1.82) is 0 Å². The number of nitrogens with zero attached hydrogens (tertiary/aromatic N) is 2. The molecule has 4 nitrogen and oxygen atoms in total. The van der Waals surface area contributed by atoms with E-state index < -0.39 is 0 Å². The van der Waals surface area contributed by atoms with Gasteiger partial charge in [-0.25, -0.2) is 0 Å². The highest BCUT2D eigenvalue weighted by Crippen LogP contribution is 2.12. The standard InChI is InChI=1S/C17H17N3OS/c1-13-4-6-14(7-5-13)11-20-12-15(10-18-20)19-17(21)9-16-3-2-8-22-16/h2-8,10,12H,9,11H2,1H3,(H,19,21). The SMILES string of the molecule is Cc1ccc(Cn2cc(NC(=O)Cc3cccs3)cn2)cc1. The molecule has 112 valence electrons. The maximum atomic E-state index is 11.9. The Bertz CT molecular complexity index is 745. The number of benzene rings is 1. The fourth-order valence-corrected chi connectivity index (χ4v) is 2.88. The second-order valence-electron chi connectivity index (χ2n) is 5.22. The molecule has 0 atom stereocenters. The molecule has 3 aromatic rings. The van der Waals surface area contributed by atoms with Crippen LogP contribution in [0, 0.1) is 6.92 Å². The van der Waals surface area contributed by atoms with Crippen LogP contribution in [0.25, 0.3) is 0 Å². The Morgan fingerprint density at radius 2 is 2.09 bits per heavy atom. The highest BCUT2D eigenvalue weighted by Gasteiger charge is 2.06. The van der Waals surface area contributed by atoms with Gasteiger partial charge in [-0.1, -0.05) is 35.9 Å². The summed E-state index contributed by atoms with van der Waals surface area (Å²) in [6.07, 6.45) is 3.94. The Hall–Kier alpha value is -2.40. The molecule has 2 heterocycles. The third-order valence-corrected chi connectivity index (χ3v) is 4.17. The fraction of sp³-hybridized carbons (Fsp3) is 0.176. The average Bonchev–Trinajstić information content (AvgIpc) is 3.14.